The van der Waals surface area contributed by atoms with Crippen molar-refractivity contribution >= 4 is 17.5 Å². The van der Waals surface area contributed by atoms with Crippen LogP contribution in [0.2, 0.25) is 5.02 Å². The third-order valence-corrected chi connectivity index (χ3v) is 3.89. The van der Waals surface area contributed by atoms with E-state index in [9.17, 15) is 4.79 Å². The molecular weight excluding hydrogens is 312 g/mol. The molecule has 0 saturated carbocycles. The first-order chi connectivity index (χ1) is 11.0. The summed E-state index contributed by atoms with van der Waals surface area (Å²) < 4.78 is 5.70. The second-order valence-corrected chi connectivity index (χ2v) is 6.13. The molecule has 2 rings (SSSR count). The largest absolute Gasteiger partial charge is 0.483 e. The van der Waals surface area contributed by atoms with Gasteiger partial charge in [0.25, 0.3) is 5.91 Å². The fourth-order valence-electron chi connectivity index (χ4n) is 2.14. The van der Waals surface area contributed by atoms with Gasteiger partial charge < -0.3 is 10.1 Å². The molecule has 23 heavy (non-hydrogen) atoms. The van der Waals surface area contributed by atoms with Gasteiger partial charge in [0.15, 0.2) is 6.61 Å². The summed E-state index contributed by atoms with van der Waals surface area (Å²) in [7, 11) is 0. The summed E-state index contributed by atoms with van der Waals surface area (Å²) in [5.41, 5.74) is 2.88. The quantitative estimate of drug-likeness (QED) is 0.873. The zero-order chi connectivity index (χ0) is 16.8. The number of amides is 1. The summed E-state index contributed by atoms with van der Waals surface area (Å²) in [5.74, 6) is 0.802. The lowest BCUT2D eigenvalue weighted by Crippen LogP contribution is -2.28. The smallest absolute Gasteiger partial charge is 0.258 e. The van der Waals surface area contributed by atoms with Crippen LogP contribution < -0.4 is 10.1 Å². The van der Waals surface area contributed by atoms with E-state index >= 15 is 0 Å². The number of rotatable bonds is 6. The van der Waals surface area contributed by atoms with Crippen molar-refractivity contribution in [2.75, 3.05) is 6.61 Å². The fraction of sp³-hybridized carbons (Fsp3) is 0.333. The Bertz CT molecular complexity index is 672. The highest BCUT2D eigenvalue weighted by atomic mass is 35.5. The maximum atomic E-state index is 11.9. The van der Waals surface area contributed by atoms with Crippen LogP contribution >= 0.6 is 11.6 Å². The van der Waals surface area contributed by atoms with E-state index in [-0.39, 0.29) is 18.4 Å². The first-order valence-corrected chi connectivity index (χ1v) is 7.93. The number of aromatic nitrogens is 1. The minimum Gasteiger partial charge on any atom is -0.483 e. The molecule has 0 radical (unpaired) electrons. The maximum Gasteiger partial charge on any atom is 0.258 e. The molecule has 0 spiro atoms. The third-order valence-electron chi connectivity index (χ3n) is 3.48. The van der Waals surface area contributed by atoms with Crippen LogP contribution in [0, 0.1) is 6.92 Å². The number of carbonyl (C=O) groups is 1. The van der Waals surface area contributed by atoms with Gasteiger partial charge in [0.05, 0.1) is 0 Å². The topological polar surface area (TPSA) is 51.2 Å². The fourth-order valence-corrected chi connectivity index (χ4v) is 2.32. The van der Waals surface area contributed by atoms with Crippen LogP contribution in [0.4, 0.5) is 0 Å². The highest BCUT2D eigenvalue weighted by Crippen LogP contribution is 2.31. The highest BCUT2D eigenvalue weighted by molar-refractivity contribution is 6.31. The van der Waals surface area contributed by atoms with Crippen molar-refractivity contribution in [2.45, 2.75) is 33.2 Å². The minimum atomic E-state index is -0.170. The molecule has 0 unspecified atom stereocenters. The van der Waals surface area contributed by atoms with Crippen molar-refractivity contribution in [1.29, 1.82) is 0 Å². The molecule has 0 aliphatic heterocycles. The number of hydrogen-bond acceptors (Lipinski definition) is 3. The maximum absolute atomic E-state index is 11.9. The predicted octanol–water partition coefficient (Wildman–Crippen LogP) is 3.86. The lowest BCUT2D eigenvalue weighted by molar-refractivity contribution is -0.123. The van der Waals surface area contributed by atoms with E-state index in [1.165, 1.54) is 0 Å². The van der Waals surface area contributed by atoms with E-state index in [1.54, 1.807) is 12.4 Å². The Morgan fingerprint density at radius 2 is 2.17 bits per heavy atom. The van der Waals surface area contributed by atoms with E-state index in [2.05, 4.69) is 24.1 Å². The zero-order valence-electron chi connectivity index (χ0n) is 13.6. The molecule has 1 heterocycles. The summed E-state index contributed by atoms with van der Waals surface area (Å²) in [5, 5.41) is 3.52. The van der Waals surface area contributed by atoms with Crippen LogP contribution in [-0.4, -0.2) is 17.5 Å². The molecule has 122 valence electrons. The Hall–Kier alpha value is -2.07. The second kappa shape index (κ2) is 7.97. The first-order valence-electron chi connectivity index (χ1n) is 7.56. The average molecular weight is 333 g/mol. The SMILES string of the molecule is Cc1cc(OCC(=O)NCc2cccnc2)c(C(C)C)cc1Cl. The van der Waals surface area contributed by atoms with Gasteiger partial charge in [-0.2, -0.15) is 0 Å². The molecule has 1 aromatic carbocycles. The zero-order valence-corrected chi connectivity index (χ0v) is 14.4. The summed E-state index contributed by atoms with van der Waals surface area (Å²) in [6.45, 7) is 6.46. The number of nitrogens with one attached hydrogen (secondary N) is 1. The molecule has 2 aromatic rings. The van der Waals surface area contributed by atoms with Gasteiger partial charge in [0, 0.05) is 24.0 Å². The average Bonchev–Trinajstić information content (AvgIpc) is 2.54. The molecule has 1 N–H and O–H groups in total. The van der Waals surface area contributed by atoms with Gasteiger partial charge >= 0.3 is 0 Å². The van der Waals surface area contributed by atoms with Crippen molar-refractivity contribution in [3.63, 3.8) is 0 Å². The lowest BCUT2D eigenvalue weighted by atomic mass is 10.0. The molecule has 1 aromatic heterocycles. The van der Waals surface area contributed by atoms with Gasteiger partial charge in [-0.1, -0.05) is 31.5 Å². The van der Waals surface area contributed by atoms with Crippen molar-refractivity contribution < 1.29 is 9.53 Å². The number of hydrogen-bond donors (Lipinski definition) is 1. The third kappa shape index (κ3) is 4.96. The van der Waals surface area contributed by atoms with Crippen LogP contribution in [0.15, 0.2) is 36.7 Å². The van der Waals surface area contributed by atoms with Crippen LogP contribution in [0.3, 0.4) is 0 Å². The van der Waals surface area contributed by atoms with Gasteiger partial charge in [-0.15, -0.1) is 0 Å². The predicted molar refractivity (Wildman–Crippen MR) is 91.9 cm³/mol. The number of ether oxygens (including phenoxy) is 1. The summed E-state index contributed by atoms with van der Waals surface area (Å²) in [6.07, 6.45) is 3.42. The van der Waals surface area contributed by atoms with Gasteiger partial charge in [-0.3, -0.25) is 9.78 Å². The molecule has 0 fully saturated rings. The molecular formula is C18H21ClN2O2. The number of aryl methyl sites for hydroxylation is 1. The van der Waals surface area contributed by atoms with E-state index in [0.29, 0.717) is 17.3 Å². The number of pyridine rings is 1. The summed E-state index contributed by atoms with van der Waals surface area (Å²) in [6, 6.07) is 7.54. The van der Waals surface area contributed by atoms with E-state index < -0.39 is 0 Å². The normalized spacial score (nSPS) is 10.7. The number of benzene rings is 1. The van der Waals surface area contributed by atoms with Gasteiger partial charge in [0.1, 0.15) is 5.75 Å². The number of halogens is 1. The van der Waals surface area contributed by atoms with Crippen molar-refractivity contribution in [3.05, 3.63) is 58.4 Å². The Morgan fingerprint density at radius 3 is 2.83 bits per heavy atom. The molecule has 0 aliphatic carbocycles. The van der Waals surface area contributed by atoms with Crippen LogP contribution in [0.25, 0.3) is 0 Å². The number of nitrogens with zero attached hydrogens (tertiary/aromatic N) is 1. The van der Waals surface area contributed by atoms with Crippen LogP contribution in [0.1, 0.15) is 36.5 Å². The van der Waals surface area contributed by atoms with E-state index in [1.807, 2.05) is 31.2 Å². The Kier molecular flexibility index (Phi) is 5.99. The van der Waals surface area contributed by atoms with Crippen LogP contribution in [0.5, 0.6) is 5.75 Å². The Morgan fingerprint density at radius 1 is 1.39 bits per heavy atom. The summed E-state index contributed by atoms with van der Waals surface area (Å²) in [4.78, 5) is 16.0. The molecule has 4 nitrogen and oxygen atoms in total. The van der Waals surface area contributed by atoms with Crippen molar-refractivity contribution in [1.82, 2.24) is 10.3 Å². The Labute approximate surface area is 141 Å². The molecule has 1 amide bonds. The molecule has 0 aliphatic rings. The molecule has 0 atom stereocenters. The number of carbonyl (C=O) groups excluding carboxylic acids is 1. The molecule has 0 bridgehead atoms. The van der Waals surface area contributed by atoms with Gasteiger partial charge in [0.2, 0.25) is 0 Å². The van der Waals surface area contributed by atoms with Gasteiger partial charge in [-0.05, 0) is 47.7 Å². The first kappa shape index (κ1) is 17.3. The van der Waals surface area contributed by atoms with Gasteiger partial charge in [-0.25, -0.2) is 0 Å². The molecule has 5 heteroatoms. The van der Waals surface area contributed by atoms with E-state index in [4.69, 9.17) is 16.3 Å². The van der Waals surface area contributed by atoms with Crippen molar-refractivity contribution in [2.24, 2.45) is 0 Å². The summed E-state index contributed by atoms with van der Waals surface area (Å²) >= 11 is 6.17. The van der Waals surface area contributed by atoms with Crippen molar-refractivity contribution in [3.8, 4) is 5.75 Å². The van der Waals surface area contributed by atoms with E-state index in [0.717, 1.165) is 16.7 Å². The van der Waals surface area contributed by atoms with Crippen LogP contribution in [-0.2, 0) is 11.3 Å². The standard InChI is InChI=1S/C18H21ClN2O2/c1-12(2)15-8-16(19)13(3)7-17(15)23-11-18(22)21-10-14-5-4-6-20-9-14/h4-9,12H,10-11H2,1-3H3,(H,21,22). The minimum absolute atomic E-state index is 0.0267. The lowest BCUT2D eigenvalue weighted by Gasteiger charge is -2.16. The highest BCUT2D eigenvalue weighted by Gasteiger charge is 2.12. The second-order valence-electron chi connectivity index (χ2n) is 5.72. The molecule has 0 saturated heterocycles. The Balaban J connectivity index is 1.95. The monoisotopic (exact) mass is 332 g/mol.